The van der Waals surface area contributed by atoms with Crippen LogP contribution in [0.15, 0.2) is 18.2 Å². The first kappa shape index (κ1) is 16.4. The van der Waals surface area contributed by atoms with Crippen LogP contribution in [0, 0.1) is 11.8 Å². The summed E-state index contributed by atoms with van der Waals surface area (Å²) in [6.07, 6.45) is 22.0. The van der Waals surface area contributed by atoms with Gasteiger partial charge < -0.3 is 0 Å². The summed E-state index contributed by atoms with van der Waals surface area (Å²) in [7, 11) is 0. The summed E-state index contributed by atoms with van der Waals surface area (Å²) < 4.78 is 0. The van der Waals surface area contributed by atoms with Crippen molar-refractivity contribution in [2.24, 2.45) is 11.8 Å². The van der Waals surface area contributed by atoms with Gasteiger partial charge in [-0.25, -0.2) is 0 Å². The molecule has 0 nitrogen and oxygen atoms in total. The fraction of sp³-hybridized carbons (Fsp3) is 0.667. The predicted octanol–water partition coefficient (Wildman–Crippen LogP) is 7.06. The van der Waals surface area contributed by atoms with Gasteiger partial charge in [0.1, 0.15) is 0 Å². The highest BCUT2D eigenvalue weighted by atomic mass is 14.3. The van der Waals surface area contributed by atoms with E-state index in [0.29, 0.717) is 0 Å². The molecule has 130 valence electrons. The second-order valence-electron chi connectivity index (χ2n) is 8.56. The fourth-order valence-corrected chi connectivity index (χ4v) is 5.60. The molecule has 1 aromatic rings. The minimum absolute atomic E-state index is 0.808. The Bertz CT molecular complexity index is 582. The Morgan fingerprint density at radius 1 is 0.875 bits per heavy atom. The van der Waals surface area contributed by atoms with E-state index in [1.54, 1.807) is 22.3 Å². The summed E-state index contributed by atoms with van der Waals surface area (Å²) in [6, 6.07) is 5.18. The van der Waals surface area contributed by atoms with Crippen LogP contribution in [-0.2, 0) is 12.8 Å². The Hall–Kier alpha value is -1.04. The van der Waals surface area contributed by atoms with Crippen molar-refractivity contribution in [1.82, 2.24) is 0 Å². The molecule has 0 aliphatic heterocycles. The number of benzene rings is 1. The van der Waals surface area contributed by atoms with E-state index in [2.05, 4.69) is 31.2 Å². The molecular weight excluding hydrogens is 288 g/mol. The third kappa shape index (κ3) is 3.35. The highest BCUT2D eigenvalue weighted by Gasteiger charge is 2.26. The maximum absolute atomic E-state index is 2.60. The lowest BCUT2D eigenvalue weighted by Crippen LogP contribution is -2.21. The van der Waals surface area contributed by atoms with Crippen LogP contribution in [-0.4, -0.2) is 0 Å². The minimum atomic E-state index is 0.808. The van der Waals surface area contributed by atoms with Crippen molar-refractivity contribution in [3.05, 3.63) is 40.5 Å². The predicted molar refractivity (Wildman–Crippen MR) is 104 cm³/mol. The standard InChI is InChI=1S/C24H34/c1-2-18-15-23-16-21(19-9-5-3-6-10-19)13-14-22(23)17-24(18)20-11-7-4-8-12-20/h13-15,17,19-21H,2-12,16H2,1H3. The molecule has 24 heavy (non-hydrogen) atoms. The lowest BCUT2D eigenvalue weighted by Gasteiger charge is -2.32. The van der Waals surface area contributed by atoms with Gasteiger partial charge in [0, 0.05) is 0 Å². The third-order valence-electron chi connectivity index (χ3n) is 7.06. The Labute approximate surface area is 148 Å². The molecule has 2 saturated carbocycles. The molecule has 0 heterocycles. The van der Waals surface area contributed by atoms with Gasteiger partial charge in [0.25, 0.3) is 0 Å². The number of allylic oxidation sites excluding steroid dienone is 1. The monoisotopic (exact) mass is 322 g/mol. The molecule has 0 saturated heterocycles. The van der Waals surface area contributed by atoms with Crippen LogP contribution in [0.4, 0.5) is 0 Å². The van der Waals surface area contributed by atoms with Crippen LogP contribution in [0.1, 0.15) is 99.3 Å². The van der Waals surface area contributed by atoms with Crippen LogP contribution < -0.4 is 0 Å². The van der Waals surface area contributed by atoms with Gasteiger partial charge in [-0.15, -0.1) is 0 Å². The van der Waals surface area contributed by atoms with Gasteiger partial charge >= 0.3 is 0 Å². The van der Waals surface area contributed by atoms with Gasteiger partial charge in [0.05, 0.1) is 0 Å². The summed E-state index contributed by atoms with van der Waals surface area (Å²) >= 11 is 0. The zero-order valence-corrected chi connectivity index (χ0v) is 15.5. The van der Waals surface area contributed by atoms with E-state index in [9.17, 15) is 0 Å². The van der Waals surface area contributed by atoms with E-state index < -0.39 is 0 Å². The Morgan fingerprint density at radius 3 is 2.29 bits per heavy atom. The quantitative estimate of drug-likeness (QED) is 0.558. The molecule has 2 fully saturated rings. The molecule has 1 atom stereocenters. The van der Waals surface area contributed by atoms with Crippen molar-refractivity contribution in [3.63, 3.8) is 0 Å². The zero-order chi connectivity index (χ0) is 16.4. The lowest BCUT2D eigenvalue weighted by molar-refractivity contribution is 0.284. The second kappa shape index (κ2) is 7.46. The molecular formula is C24H34. The summed E-state index contributed by atoms with van der Waals surface area (Å²) in [6.45, 7) is 2.35. The molecule has 3 aliphatic rings. The average molecular weight is 323 g/mol. The van der Waals surface area contributed by atoms with Crippen LogP contribution in [0.3, 0.4) is 0 Å². The first-order valence-electron chi connectivity index (χ1n) is 10.7. The topological polar surface area (TPSA) is 0 Å². The third-order valence-corrected chi connectivity index (χ3v) is 7.06. The van der Waals surface area contributed by atoms with E-state index in [1.165, 1.54) is 77.0 Å². The first-order valence-corrected chi connectivity index (χ1v) is 10.7. The normalized spacial score (nSPS) is 25.6. The molecule has 1 aromatic carbocycles. The van der Waals surface area contributed by atoms with Gasteiger partial charge in [0.2, 0.25) is 0 Å². The molecule has 4 rings (SSSR count). The number of hydrogen-bond acceptors (Lipinski definition) is 0. The van der Waals surface area contributed by atoms with Gasteiger partial charge in [0.15, 0.2) is 0 Å². The van der Waals surface area contributed by atoms with Crippen molar-refractivity contribution in [1.29, 1.82) is 0 Å². The van der Waals surface area contributed by atoms with Gasteiger partial charge in [-0.3, -0.25) is 0 Å². The van der Waals surface area contributed by atoms with E-state index in [1.807, 2.05) is 0 Å². The highest BCUT2D eigenvalue weighted by molar-refractivity contribution is 5.60. The van der Waals surface area contributed by atoms with E-state index in [4.69, 9.17) is 0 Å². The van der Waals surface area contributed by atoms with Gasteiger partial charge in [-0.2, -0.15) is 0 Å². The lowest BCUT2D eigenvalue weighted by atomic mass is 9.73. The van der Waals surface area contributed by atoms with Crippen LogP contribution in [0.25, 0.3) is 6.08 Å². The number of aryl methyl sites for hydroxylation is 1. The fourth-order valence-electron chi connectivity index (χ4n) is 5.60. The maximum Gasteiger partial charge on any atom is -0.0159 e. The molecule has 0 radical (unpaired) electrons. The average Bonchev–Trinajstić information content (AvgIpc) is 2.68. The van der Waals surface area contributed by atoms with Crippen molar-refractivity contribution in [2.45, 2.75) is 89.9 Å². The maximum atomic E-state index is 2.60. The number of rotatable bonds is 3. The molecule has 0 N–H and O–H groups in total. The second-order valence-corrected chi connectivity index (χ2v) is 8.56. The van der Waals surface area contributed by atoms with E-state index in [0.717, 1.165) is 17.8 Å². The summed E-state index contributed by atoms with van der Waals surface area (Å²) in [4.78, 5) is 0. The van der Waals surface area contributed by atoms with Crippen molar-refractivity contribution in [3.8, 4) is 0 Å². The van der Waals surface area contributed by atoms with Crippen LogP contribution in [0.5, 0.6) is 0 Å². The van der Waals surface area contributed by atoms with Crippen molar-refractivity contribution in [2.75, 3.05) is 0 Å². The SMILES string of the molecule is CCc1cc2c(cc1C1CCCCC1)C=CC(C1CCCCC1)C2. The number of hydrogen-bond donors (Lipinski definition) is 0. The molecule has 3 aliphatic carbocycles. The Balaban J connectivity index is 1.58. The van der Waals surface area contributed by atoms with Crippen LogP contribution >= 0.6 is 0 Å². The van der Waals surface area contributed by atoms with Crippen molar-refractivity contribution >= 4 is 6.08 Å². The van der Waals surface area contributed by atoms with Gasteiger partial charge in [-0.1, -0.05) is 69.7 Å². The molecule has 0 amide bonds. The largest absolute Gasteiger partial charge is 0.0802 e. The zero-order valence-electron chi connectivity index (χ0n) is 15.5. The highest BCUT2D eigenvalue weighted by Crippen LogP contribution is 2.40. The first-order chi connectivity index (χ1) is 11.8. The summed E-state index contributed by atoms with van der Waals surface area (Å²) in [5.41, 5.74) is 6.53. The molecule has 0 bridgehead atoms. The Morgan fingerprint density at radius 2 is 1.58 bits per heavy atom. The summed E-state index contributed by atoms with van der Waals surface area (Å²) in [5.74, 6) is 2.60. The van der Waals surface area contributed by atoms with Gasteiger partial charge in [-0.05, 0) is 78.5 Å². The molecule has 0 aromatic heterocycles. The number of fused-ring (bicyclic) bond motifs is 1. The molecule has 0 spiro atoms. The summed E-state index contributed by atoms with van der Waals surface area (Å²) in [5, 5.41) is 0. The van der Waals surface area contributed by atoms with E-state index >= 15 is 0 Å². The Kier molecular flexibility index (Phi) is 5.11. The smallest absolute Gasteiger partial charge is 0.0159 e. The minimum Gasteiger partial charge on any atom is -0.0802 e. The molecule has 1 unspecified atom stereocenters. The molecule has 0 heteroatoms. The van der Waals surface area contributed by atoms with Crippen molar-refractivity contribution < 1.29 is 0 Å². The van der Waals surface area contributed by atoms with E-state index in [-0.39, 0.29) is 0 Å². The van der Waals surface area contributed by atoms with Crippen LogP contribution in [0.2, 0.25) is 0 Å².